The van der Waals surface area contributed by atoms with Crippen molar-refractivity contribution in [3.05, 3.63) is 54.6 Å². The Morgan fingerprint density at radius 3 is 2.75 bits per heavy atom. The molecule has 0 bridgehead atoms. The molecule has 4 rings (SSSR count). The summed E-state index contributed by atoms with van der Waals surface area (Å²) in [5.41, 5.74) is 2.00. The third-order valence-electron chi connectivity index (χ3n) is 5.21. The van der Waals surface area contributed by atoms with E-state index in [2.05, 4.69) is 9.88 Å². The summed E-state index contributed by atoms with van der Waals surface area (Å²) in [6.45, 7) is 3.73. The molecule has 5 nitrogen and oxygen atoms in total. The van der Waals surface area contributed by atoms with Crippen molar-refractivity contribution < 1.29 is 13.9 Å². The quantitative estimate of drug-likeness (QED) is 0.636. The summed E-state index contributed by atoms with van der Waals surface area (Å²) in [7, 11) is 0. The summed E-state index contributed by atoms with van der Waals surface area (Å²) in [4.78, 5) is 22.8. The van der Waals surface area contributed by atoms with Crippen molar-refractivity contribution >= 4 is 22.7 Å². The van der Waals surface area contributed by atoms with Gasteiger partial charge < -0.3 is 9.64 Å². The van der Waals surface area contributed by atoms with Crippen LogP contribution in [-0.4, -0.2) is 35.6 Å². The maximum Gasteiger partial charge on any atom is 0.309 e. The molecular formula is C22H22FN3O2. The fraction of sp³-hybridized carbons (Fsp3) is 0.318. The normalized spacial score (nSPS) is 15.0. The smallest absolute Gasteiger partial charge is 0.309 e. The summed E-state index contributed by atoms with van der Waals surface area (Å²) in [5.74, 6) is 0.330. The number of fused-ring (bicyclic) bond motifs is 1. The van der Waals surface area contributed by atoms with E-state index in [1.54, 1.807) is 12.3 Å². The first kappa shape index (κ1) is 18.3. The molecule has 1 saturated heterocycles. The standard InChI is InChI=1S/C22H22FN3O2/c1-2-28-22(27)16-9-12-26(13-10-16)20-7-6-15-4-3-5-18(21(15)25-20)17-8-11-24-14-19(17)23/h3-8,11,14,16H,2,9-10,12-13H2,1H3. The first-order chi connectivity index (χ1) is 13.7. The fourth-order valence-electron chi connectivity index (χ4n) is 3.73. The second kappa shape index (κ2) is 7.92. The number of carbonyl (C=O) groups excluding carboxylic acids is 1. The lowest BCUT2D eigenvalue weighted by Crippen LogP contribution is -2.37. The van der Waals surface area contributed by atoms with Crippen LogP contribution in [0.5, 0.6) is 0 Å². The molecule has 144 valence electrons. The number of para-hydroxylation sites is 1. The Labute approximate surface area is 163 Å². The predicted octanol–water partition coefficient (Wildman–Crippen LogP) is 4.22. The molecule has 0 amide bonds. The number of rotatable bonds is 4. The molecule has 0 aliphatic carbocycles. The third kappa shape index (κ3) is 3.54. The van der Waals surface area contributed by atoms with Gasteiger partial charge in [-0.25, -0.2) is 9.37 Å². The van der Waals surface area contributed by atoms with E-state index in [1.807, 2.05) is 37.3 Å². The maximum atomic E-state index is 14.3. The average Bonchev–Trinajstić information content (AvgIpc) is 2.74. The first-order valence-electron chi connectivity index (χ1n) is 9.58. The highest BCUT2D eigenvalue weighted by Crippen LogP contribution is 2.31. The van der Waals surface area contributed by atoms with Crippen LogP contribution in [0.4, 0.5) is 10.2 Å². The van der Waals surface area contributed by atoms with Crippen LogP contribution < -0.4 is 4.90 Å². The van der Waals surface area contributed by atoms with E-state index in [9.17, 15) is 9.18 Å². The van der Waals surface area contributed by atoms with Crippen LogP contribution in [0.1, 0.15) is 19.8 Å². The summed E-state index contributed by atoms with van der Waals surface area (Å²) in [5, 5.41) is 0.957. The summed E-state index contributed by atoms with van der Waals surface area (Å²) >= 11 is 0. The van der Waals surface area contributed by atoms with Crippen molar-refractivity contribution in [1.29, 1.82) is 0 Å². The monoisotopic (exact) mass is 379 g/mol. The van der Waals surface area contributed by atoms with Gasteiger partial charge in [-0.2, -0.15) is 0 Å². The van der Waals surface area contributed by atoms with E-state index in [1.165, 1.54) is 6.20 Å². The molecule has 0 saturated carbocycles. The molecule has 1 fully saturated rings. The number of halogens is 1. The zero-order valence-electron chi connectivity index (χ0n) is 15.8. The minimum Gasteiger partial charge on any atom is -0.466 e. The highest BCUT2D eigenvalue weighted by atomic mass is 19.1. The van der Waals surface area contributed by atoms with Crippen molar-refractivity contribution in [2.75, 3.05) is 24.6 Å². The second-order valence-corrected chi connectivity index (χ2v) is 6.92. The molecule has 0 N–H and O–H groups in total. The van der Waals surface area contributed by atoms with Crippen LogP contribution in [0, 0.1) is 11.7 Å². The molecular weight excluding hydrogens is 357 g/mol. The van der Waals surface area contributed by atoms with Crippen LogP contribution in [0.15, 0.2) is 48.8 Å². The number of hydrogen-bond acceptors (Lipinski definition) is 5. The number of hydrogen-bond donors (Lipinski definition) is 0. The first-order valence-corrected chi connectivity index (χ1v) is 9.58. The van der Waals surface area contributed by atoms with Gasteiger partial charge in [0, 0.05) is 35.8 Å². The SMILES string of the molecule is CCOC(=O)C1CCN(c2ccc3cccc(-c4ccncc4F)c3n2)CC1. The van der Waals surface area contributed by atoms with Gasteiger partial charge in [0.05, 0.1) is 24.2 Å². The molecule has 1 aromatic carbocycles. The molecule has 0 unspecified atom stereocenters. The highest BCUT2D eigenvalue weighted by molar-refractivity contribution is 5.94. The number of piperidine rings is 1. The molecule has 6 heteroatoms. The lowest BCUT2D eigenvalue weighted by Gasteiger charge is -2.31. The Kier molecular flexibility index (Phi) is 5.19. The van der Waals surface area contributed by atoms with Gasteiger partial charge in [-0.3, -0.25) is 9.78 Å². The molecule has 2 aromatic heterocycles. The van der Waals surface area contributed by atoms with Crippen molar-refractivity contribution in [2.45, 2.75) is 19.8 Å². The van der Waals surface area contributed by atoms with Crippen molar-refractivity contribution in [3.8, 4) is 11.1 Å². The van der Waals surface area contributed by atoms with Crippen LogP contribution in [0.25, 0.3) is 22.0 Å². The number of esters is 1. The van der Waals surface area contributed by atoms with Gasteiger partial charge in [-0.05, 0) is 38.0 Å². The second-order valence-electron chi connectivity index (χ2n) is 6.92. The summed E-state index contributed by atoms with van der Waals surface area (Å²) in [6, 6.07) is 11.4. The van der Waals surface area contributed by atoms with Crippen molar-refractivity contribution in [1.82, 2.24) is 9.97 Å². The van der Waals surface area contributed by atoms with Gasteiger partial charge in [0.1, 0.15) is 11.6 Å². The number of ether oxygens (including phenoxy) is 1. The molecule has 0 atom stereocenters. The van der Waals surface area contributed by atoms with Gasteiger partial charge in [-0.1, -0.05) is 18.2 Å². The molecule has 3 heterocycles. The van der Waals surface area contributed by atoms with Crippen molar-refractivity contribution in [3.63, 3.8) is 0 Å². The zero-order valence-corrected chi connectivity index (χ0v) is 15.8. The Morgan fingerprint density at radius 1 is 1.18 bits per heavy atom. The van der Waals surface area contributed by atoms with Crippen LogP contribution >= 0.6 is 0 Å². The molecule has 1 aliphatic heterocycles. The van der Waals surface area contributed by atoms with Crippen LogP contribution in [0.3, 0.4) is 0 Å². The van der Waals surface area contributed by atoms with Crippen molar-refractivity contribution in [2.24, 2.45) is 5.92 Å². The summed E-state index contributed by atoms with van der Waals surface area (Å²) in [6.07, 6.45) is 4.30. The lowest BCUT2D eigenvalue weighted by atomic mass is 9.97. The van der Waals surface area contributed by atoms with E-state index in [0.29, 0.717) is 12.2 Å². The maximum absolute atomic E-state index is 14.3. The largest absolute Gasteiger partial charge is 0.466 e. The number of benzene rings is 1. The average molecular weight is 379 g/mol. The van der Waals surface area contributed by atoms with Gasteiger partial charge in [-0.15, -0.1) is 0 Å². The van der Waals surface area contributed by atoms with E-state index in [4.69, 9.17) is 9.72 Å². The number of anilines is 1. The Hall–Kier alpha value is -3.02. The third-order valence-corrected chi connectivity index (χ3v) is 5.21. The van der Waals surface area contributed by atoms with E-state index in [0.717, 1.165) is 48.2 Å². The fourth-order valence-corrected chi connectivity index (χ4v) is 3.73. The van der Waals surface area contributed by atoms with E-state index < -0.39 is 0 Å². The van der Waals surface area contributed by atoms with E-state index in [-0.39, 0.29) is 17.7 Å². The minimum absolute atomic E-state index is 0.0434. The lowest BCUT2D eigenvalue weighted by molar-refractivity contribution is -0.148. The Morgan fingerprint density at radius 2 is 2.00 bits per heavy atom. The van der Waals surface area contributed by atoms with Gasteiger partial charge in [0.2, 0.25) is 0 Å². The molecule has 0 radical (unpaired) electrons. The Bertz CT molecular complexity index is 1000. The molecule has 3 aromatic rings. The summed E-state index contributed by atoms with van der Waals surface area (Å²) < 4.78 is 19.4. The van der Waals surface area contributed by atoms with E-state index >= 15 is 0 Å². The number of aromatic nitrogens is 2. The van der Waals surface area contributed by atoms with Crippen LogP contribution in [0.2, 0.25) is 0 Å². The van der Waals surface area contributed by atoms with Gasteiger partial charge in [0.25, 0.3) is 0 Å². The predicted molar refractivity (Wildman–Crippen MR) is 107 cm³/mol. The van der Waals surface area contributed by atoms with Gasteiger partial charge in [0.15, 0.2) is 0 Å². The van der Waals surface area contributed by atoms with Gasteiger partial charge >= 0.3 is 5.97 Å². The van der Waals surface area contributed by atoms with Crippen LogP contribution in [-0.2, 0) is 9.53 Å². The minimum atomic E-state index is -0.363. The topological polar surface area (TPSA) is 55.3 Å². The zero-order chi connectivity index (χ0) is 19.5. The number of carbonyl (C=O) groups is 1. The highest BCUT2D eigenvalue weighted by Gasteiger charge is 2.26. The Balaban J connectivity index is 1.63. The molecule has 28 heavy (non-hydrogen) atoms. The number of nitrogens with zero attached hydrogens (tertiary/aromatic N) is 3. The number of pyridine rings is 2. The molecule has 1 aliphatic rings. The molecule has 0 spiro atoms.